The van der Waals surface area contributed by atoms with Crippen LogP contribution in [0, 0.1) is 13.8 Å². The van der Waals surface area contributed by atoms with Crippen LogP contribution in [0.1, 0.15) is 29.2 Å². The Kier molecular flexibility index (Phi) is 6.70. The molecule has 0 bridgehead atoms. The summed E-state index contributed by atoms with van der Waals surface area (Å²) in [6.45, 7) is 5.21. The maximum atomic E-state index is 13.1. The average molecular weight is 418 g/mol. The lowest BCUT2D eigenvalue weighted by molar-refractivity contribution is -0.137. The van der Waals surface area contributed by atoms with Crippen LogP contribution in [0.4, 0.5) is 18.9 Å². The number of amides is 1. The van der Waals surface area contributed by atoms with E-state index in [2.05, 4.69) is 5.32 Å². The highest BCUT2D eigenvalue weighted by Crippen LogP contribution is 2.36. The minimum atomic E-state index is -4.67. The van der Waals surface area contributed by atoms with Gasteiger partial charge in [-0.05, 0) is 50.1 Å². The first-order valence-electron chi connectivity index (χ1n) is 8.10. The Morgan fingerprint density at radius 1 is 1.19 bits per heavy atom. The molecule has 0 saturated carbocycles. The van der Waals surface area contributed by atoms with Gasteiger partial charge in [0.15, 0.2) is 0 Å². The van der Waals surface area contributed by atoms with E-state index in [0.717, 1.165) is 28.8 Å². The van der Waals surface area contributed by atoms with E-state index in [1.807, 2.05) is 32.0 Å². The SMILES string of the molecule is Cc1ccc(C)c(C[S@@](=O)[C@@H](C)C(=O)Nc2ccc(Cl)cc2C(F)(F)F)c1. The van der Waals surface area contributed by atoms with Gasteiger partial charge in [-0.15, -0.1) is 0 Å². The van der Waals surface area contributed by atoms with Crippen molar-refractivity contribution in [1.29, 1.82) is 0 Å². The zero-order valence-electron chi connectivity index (χ0n) is 15.0. The van der Waals surface area contributed by atoms with Crippen LogP contribution in [-0.4, -0.2) is 15.4 Å². The quantitative estimate of drug-likeness (QED) is 0.722. The van der Waals surface area contributed by atoms with Gasteiger partial charge in [0.05, 0.1) is 11.3 Å². The average Bonchev–Trinajstić information content (AvgIpc) is 2.58. The standard InChI is InChI=1S/C19H19ClF3NO2S/c1-11-4-5-12(2)14(8-11)10-27(26)13(3)18(25)24-17-7-6-15(20)9-16(17)19(21,22)23/h4-9,13H,10H2,1-3H3,(H,24,25)/t13-,27+/m0/s1. The third kappa shape index (κ3) is 5.56. The van der Waals surface area contributed by atoms with Crippen LogP contribution in [0.3, 0.4) is 0 Å². The van der Waals surface area contributed by atoms with Crippen molar-refractivity contribution in [2.75, 3.05) is 5.32 Å². The third-order valence-corrected chi connectivity index (χ3v) is 5.94. The smallest absolute Gasteiger partial charge is 0.324 e. The molecule has 0 unspecified atom stereocenters. The molecule has 0 aliphatic carbocycles. The van der Waals surface area contributed by atoms with Crippen LogP contribution >= 0.6 is 11.6 Å². The summed E-state index contributed by atoms with van der Waals surface area (Å²) in [5.74, 6) is -0.596. The van der Waals surface area contributed by atoms with E-state index >= 15 is 0 Å². The van der Waals surface area contributed by atoms with Crippen molar-refractivity contribution in [3.05, 3.63) is 63.7 Å². The molecular formula is C19H19ClF3NO2S. The number of nitrogens with one attached hydrogen (secondary N) is 1. The van der Waals surface area contributed by atoms with Gasteiger partial charge in [0.25, 0.3) is 0 Å². The molecule has 8 heteroatoms. The third-order valence-electron chi connectivity index (χ3n) is 4.11. The van der Waals surface area contributed by atoms with E-state index in [-0.39, 0.29) is 10.8 Å². The molecule has 0 aromatic heterocycles. The summed E-state index contributed by atoms with van der Waals surface area (Å²) < 4.78 is 52.0. The van der Waals surface area contributed by atoms with Crippen molar-refractivity contribution in [2.45, 2.75) is 38.0 Å². The van der Waals surface area contributed by atoms with Gasteiger partial charge in [-0.2, -0.15) is 13.2 Å². The number of alkyl halides is 3. The molecule has 2 atom stereocenters. The van der Waals surface area contributed by atoms with Gasteiger partial charge in [-0.3, -0.25) is 9.00 Å². The van der Waals surface area contributed by atoms with Crippen molar-refractivity contribution in [1.82, 2.24) is 0 Å². The molecule has 1 amide bonds. The maximum Gasteiger partial charge on any atom is 0.418 e. The summed E-state index contributed by atoms with van der Waals surface area (Å²) >= 11 is 5.63. The van der Waals surface area contributed by atoms with E-state index < -0.39 is 39.4 Å². The topological polar surface area (TPSA) is 46.2 Å². The Morgan fingerprint density at radius 3 is 2.48 bits per heavy atom. The Balaban J connectivity index is 2.16. The minimum Gasteiger partial charge on any atom is -0.324 e. The fraction of sp³-hybridized carbons (Fsp3) is 0.316. The van der Waals surface area contributed by atoms with Crippen LogP contribution in [0.5, 0.6) is 0 Å². The summed E-state index contributed by atoms with van der Waals surface area (Å²) in [4.78, 5) is 12.4. The Bertz CT molecular complexity index is 884. The fourth-order valence-corrected chi connectivity index (χ4v) is 3.79. The molecule has 0 aliphatic rings. The maximum absolute atomic E-state index is 13.1. The van der Waals surface area contributed by atoms with Crippen LogP contribution in [0.15, 0.2) is 36.4 Å². The molecule has 0 saturated heterocycles. The van der Waals surface area contributed by atoms with Crippen molar-refractivity contribution in [2.24, 2.45) is 0 Å². The summed E-state index contributed by atoms with van der Waals surface area (Å²) in [6, 6.07) is 8.80. The fourth-order valence-electron chi connectivity index (χ4n) is 2.45. The van der Waals surface area contributed by atoms with E-state index in [1.54, 1.807) is 0 Å². The predicted molar refractivity (Wildman–Crippen MR) is 102 cm³/mol. The number of hydrogen-bond donors (Lipinski definition) is 1. The molecule has 146 valence electrons. The second-order valence-corrected chi connectivity index (χ2v) is 8.47. The van der Waals surface area contributed by atoms with E-state index in [4.69, 9.17) is 11.6 Å². The molecule has 0 fully saturated rings. The number of hydrogen-bond acceptors (Lipinski definition) is 2. The lowest BCUT2D eigenvalue weighted by Crippen LogP contribution is -2.30. The van der Waals surface area contributed by atoms with Gasteiger partial charge in [-0.25, -0.2) is 0 Å². The number of halogens is 4. The zero-order valence-corrected chi connectivity index (χ0v) is 16.6. The van der Waals surface area contributed by atoms with Gasteiger partial charge in [-0.1, -0.05) is 35.4 Å². The molecule has 3 nitrogen and oxygen atoms in total. The molecule has 2 aromatic carbocycles. The van der Waals surface area contributed by atoms with Gasteiger partial charge in [0, 0.05) is 21.6 Å². The molecule has 0 radical (unpaired) electrons. The highest BCUT2D eigenvalue weighted by Gasteiger charge is 2.34. The molecule has 27 heavy (non-hydrogen) atoms. The minimum absolute atomic E-state index is 0.0909. The van der Waals surface area contributed by atoms with Crippen LogP contribution in [0.2, 0.25) is 5.02 Å². The largest absolute Gasteiger partial charge is 0.418 e. The highest BCUT2D eigenvalue weighted by molar-refractivity contribution is 7.85. The first-order valence-corrected chi connectivity index (χ1v) is 9.86. The monoisotopic (exact) mass is 417 g/mol. The van der Waals surface area contributed by atoms with Crippen LogP contribution in [-0.2, 0) is 27.5 Å². The van der Waals surface area contributed by atoms with Gasteiger partial charge < -0.3 is 5.32 Å². The van der Waals surface area contributed by atoms with E-state index in [0.29, 0.717) is 0 Å². The number of rotatable bonds is 5. The molecule has 0 heterocycles. The first kappa shape index (κ1) is 21.4. The Hall–Kier alpha value is -1.86. The Labute approximate surface area is 163 Å². The van der Waals surface area contributed by atoms with Crippen molar-refractivity contribution < 1.29 is 22.2 Å². The zero-order chi connectivity index (χ0) is 20.4. The summed E-state index contributed by atoms with van der Waals surface area (Å²) in [7, 11) is -1.59. The number of anilines is 1. The lowest BCUT2D eigenvalue weighted by Gasteiger charge is -2.17. The highest BCUT2D eigenvalue weighted by atomic mass is 35.5. The van der Waals surface area contributed by atoms with Crippen molar-refractivity contribution >= 4 is 34.0 Å². The molecule has 2 rings (SSSR count). The number of carbonyl (C=O) groups excluding carboxylic acids is 1. The molecule has 1 N–H and O–H groups in total. The number of aryl methyl sites for hydroxylation is 2. The summed E-state index contributed by atoms with van der Waals surface area (Å²) in [5.41, 5.74) is 1.33. The van der Waals surface area contributed by atoms with Gasteiger partial charge in [0.1, 0.15) is 5.25 Å². The Morgan fingerprint density at radius 2 is 1.85 bits per heavy atom. The number of benzene rings is 2. The molecular weight excluding hydrogens is 399 g/mol. The van der Waals surface area contributed by atoms with Crippen molar-refractivity contribution in [3.63, 3.8) is 0 Å². The second-order valence-electron chi connectivity index (χ2n) is 6.27. The summed E-state index contributed by atoms with van der Waals surface area (Å²) in [6.07, 6.45) is -4.67. The van der Waals surface area contributed by atoms with Crippen LogP contribution < -0.4 is 5.32 Å². The van der Waals surface area contributed by atoms with Gasteiger partial charge >= 0.3 is 6.18 Å². The lowest BCUT2D eigenvalue weighted by atomic mass is 10.1. The number of carbonyl (C=O) groups is 1. The summed E-state index contributed by atoms with van der Waals surface area (Å²) in [5, 5.41) is 1.15. The molecule has 2 aromatic rings. The van der Waals surface area contributed by atoms with E-state index in [9.17, 15) is 22.2 Å². The second kappa shape index (κ2) is 8.44. The predicted octanol–water partition coefficient (Wildman–Crippen LogP) is 5.25. The van der Waals surface area contributed by atoms with Crippen molar-refractivity contribution in [3.8, 4) is 0 Å². The van der Waals surface area contributed by atoms with Gasteiger partial charge in [0.2, 0.25) is 5.91 Å². The van der Waals surface area contributed by atoms with E-state index in [1.165, 1.54) is 13.0 Å². The first-order chi connectivity index (χ1) is 12.5. The normalized spacial score (nSPS) is 13.9. The van der Waals surface area contributed by atoms with Crippen LogP contribution in [0.25, 0.3) is 0 Å². The molecule has 0 spiro atoms. The molecule has 0 aliphatic heterocycles.